The molecule has 0 radical (unpaired) electrons. The average Bonchev–Trinajstić information content (AvgIpc) is 2.77. The third kappa shape index (κ3) is 2.74. The maximum atomic E-state index is 12.2. The van der Waals surface area contributed by atoms with Crippen molar-refractivity contribution < 1.29 is 18.8 Å². The van der Waals surface area contributed by atoms with Crippen LogP contribution >= 0.6 is 8.25 Å². The number of hydrogen-bond donors (Lipinski definition) is 2. The molecule has 2 aliphatic rings. The third-order valence-electron chi connectivity index (χ3n) is 4.69. The first kappa shape index (κ1) is 15.4. The molecule has 6 nitrogen and oxygen atoms in total. The highest BCUT2D eigenvalue weighted by molar-refractivity contribution is 7.32. The maximum Gasteiger partial charge on any atom is 0.694 e. The minimum absolute atomic E-state index is 0.0105. The summed E-state index contributed by atoms with van der Waals surface area (Å²) in [7, 11) is -0.745. The van der Waals surface area contributed by atoms with Gasteiger partial charge in [-0.2, -0.15) is 0 Å². The first-order valence-corrected chi connectivity index (χ1v) is 8.60. The zero-order chi connectivity index (χ0) is 15.9. The Hall–Kier alpha value is -1.49. The lowest BCUT2D eigenvalue weighted by Gasteiger charge is -2.27. The Morgan fingerprint density at radius 1 is 1.32 bits per heavy atom. The number of carbonyl (C=O) groups excluding carboxylic acids is 1. The van der Waals surface area contributed by atoms with Crippen LogP contribution in [0.2, 0.25) is 0 Å². The van der Waals surface area contributed by atoms with Crippen molar-refractivity contribution in [2.45, 2.75) is 44.2 Å². The molecule has 1 aromatic carbocycles. The largest absolute Gasteiger partial charge is 0.694 e. The lowest BCUT2D eigenvalue weighted by atomic mass is 9.80. The minimum atomic E-state index is -2.53. The van der Waals surface area contributed by atoms with Gasteiger partial charge in [0.15, 0.2) is 0 Å². The Labute approximate surface area is 130 Å². The number of amides is 1. The topological polar surface area (TPSA) is 92.9 Å². The molecule has 1 fully saturated rings. The van der Waals surface area contributed by atoms with Crippen LogP contribution < -0.4 is 5.73 Å². The molecule has 1 atom stereocenters. The number of fused-ring (bicyclic) bond motifs is 1. The Morgan fingerprint density at radius 2 is 2.00 bits per heavy atom. The molecule has 1 aromatic rings. The van der Waals surface area contributed by atoms with Gasteiger partial charge in [0.2, 0.25) is 0 Å². The van der Waals surface area contributed by atoms with E-state index in [9.17, 15) is 9.36 Å². The summed E-state index contributed by atoms with van der Waals surface area (Å²) in [5.41, 5.74) is 9.40. The molecular formula is C15H20N2O4P+. The maximum absolute atomic E-state index is 12.2. The molecule has 118 valence electrons. The fourth-order valence-corrected chi connectivity index (χ4v) is 4.06. The number of hydrogen-bond acceptors (Lipinski definition) is 4. The Balaban J connectivity index is 1.81. The highest BCUT2D eigenvalue weighted by atomic mass is 31.1. The van der Waals surface area contributed by atoms with Gasteiger partial charge in [0.05, 0.1) is 5.56 Å². The van der Waals surface area contributed by atoms with Crippen LogP contribution in [0.15, 0.2) is 12.1 Å². The van der Waals surface area contributed by atoms with Gasteiger partial charge in [0, 0.05) is 23.8 Å². The van der Waals surface area contributed by atoms with Crippen molar-refractivity contribution in [3.8, 4) is 0 Å². The van der Waals surface area contributed by atoms with E-state index in [2.05, 4.69) is 0 Å². The highest BCUT2D eigenvalue weighted by Gasteiger charge is 2.34. The Kier molecular flexibility index (Phi) is 4.17. The SMILES string of the molecule is CN1Cc2c(C3CCC(O[P+](=O)O)CC3)ccc(N)c2C1=O. The van der Waals surface area contributed by atoms with Crippen molar-refractivity contribution in [1.29, 1.82) is 0 Å². The first-order chi connectivity index (χ1) is 10.5. The van der Waals surface area contributed by atoms with Crippen LogP contribution in [-0.4, -0.2) is 28.9 Å². The lowest BCUT2D eigenvalue weighted by Crippen LogP contribution is -2.19. The fraction of sp³-hybridized carbons (Fsp3) is 0.533. The summed E-state index contributed by atoms with van der Waals surface area (Å²) in [5, 5.41) is 0. The molecule has 7 heteroatoms. The van der Waals surface area contributed by atoms with Crippen molar-refractivity contribution in [3.05, 3.63) is 28.8 Å². The molecule has 1 saturated carbocycles. The number of nitrogens with zero attached hydrogens (tertiary/aromatic N) is 1. The van der Waals surface area contributed by atoms with Crippen LogP contribution in [0.1, 0.15) is 53.1 Å². The van der Waals surface area contributed by atoms with Crippen molar-refractivity contribution >= 4 is 19.8 Å². The molecule has 1 aliphatic carbocycles. The average molecular weight is 323 g/mol. The lowest BCUT2D eigenvalue weighted by molar-refractivity contribution is 0.0817. The van der Waals surface area contributed by atoms with E-state index in [4.69, 9.17) is 15.2 Å². The van der Waals surface area contributed by atoms with Crippen LogP contribution in [0.25, 0.3) is 0 Å². The molecule has 0 spiro atoms. The zero-order valence-electron chi connectivity index (χ0n) is 12.5. The van der Waals surface area contributed by atoms with Crippen molar-refractivity contribution in [3.63, 3.8) is 0 Å². The fourth-order valence-electron chi connectivity index (χ4n) is 3.59. The Morgan fingerprint density at radius 3 is 2.64 bits per heavy atom. The molecule has 0 aromatic heterocycles. The second kappa shape index (κ2) is 5.95. The van der Waals surface area contributed by atoms with Crippen LogP contribution in [0.4, 0.5) is 5.69 Å². The van der Waals surface area contributed by atoms with Crippen molar-refractivity contribution in [1.82, 2.24) is 4.90 Å². The van der Waals surface area contributed by atoms with Crippen LogP contribution in [0.5, 0.6) is 0 Å². The molecule has 1 aliphatic heterocycles. The summed E-state index contributed by atoms with van der Waals surface area (Å²) in [6.45, 7) is 0.605. The number of nitrogen functional groups attached to an aromatic ring is 1. The zero-order valence-corrected chi connectivity index (χ0v) is 13.4. The number of carbonyl (C=O) groups is 1. The third-order valence-corrected chi connectivity index (χ3v) is 5.17. The van der Waals surface area contributed by atoms with Gasteiger partial charge in [-0.3, -0.25) is 4.79 Å². The van der Waals surface area contributed by atoms with E-state index in [-0.39, 0.29) is 12.0 Å². The summed E-state index contributed by atoms with van der Waals surface area (Å²) in [4.78, 5) is 22.7. The van der Waals surface area contributed by atoms with Gasteiger partial charge in [0.1, 0.15) is 6.10 Å². The van der Waals surface area contributed by atoms with E-state index in [1.54, 1.807) is 11.9 Å². The predicted molar refractivity (Wildman–Crippen MR) is 82.6 cm³/mol. The summed E-state index contributed by atoms with van der Waals surface area (Å²) in [5.74, 6) is 0.341. The second-order valence-corrected chi connectivity index (χ2v) is 6.76. The molecule has 1 heterocycles. The molecule has 22 heavy (non-hydrogen) atoms. The van der Waals surface area contributed by atoms with Crippen LogP contribution in [0.3, 0.4) is 0 Å². The normalized spacial score (nSPS) is 25.3. The quantitative estimate of drug-likeness (QED) is 0.659. The first-order valence-electron chi connectivity index (χ1n) is 7.47. The number of rotatable bonds is 3. The van der Waals surface area contributed by atoms with E-state index in [1.165, 1.54) is 5.56 Å². The van der Waals surface area contributed by atoms with E-state index in [0.29, 0.717) is 23.7 Å². The van der Waals surface area contributed by atoms with E-state index >= 15 is 0 Å². The number of anilines is 1. The van der Waals surface area contributed by atoms with E-state index in [1.807, 2.05) is 12.1 Å². The van der Waals surface area contributed by atoms with Crippen molar-refractivity contribution in [2.75, 3.05) is 12.8 Å². The van der Waals surface area contributed by atoms with Gasteiger partial charge in [-0.05, 0) is 48.8 Å². The van der Waals surface area contributed by atoms with Gasteiger partial charge in [-0.1, -0.05) is 6.07 Å². The summed E-state index contributed by atoms with van der Waals surface area (Å²) >= 11 is 0. The summed E-state index contributed by atoms with van der Waals surface area (Å²) < 4.78 is 15.8. The molecular weight excluding hydrogens is 303 g/mol. The molecule has 1 amide bonds. The Bertz CT molecular complexity index is 626. The number of benzene rings is 1. The van der Waals surface area contributed by atoms with Gasteiger partial charge in [-0.25, -0.2) is 0 Å². The van der Waals surface area contributed by atoms with Gasteiger partial charge in [-0.15, -0.1) is 9.42 Å². The standard InChI is InChI=1S/C15H19N2O4P/c1-17-8-12-11(6-7-13(16)14(12)15(17)18)9-2-4-10(5-3-9)21-22(19)20/h6-7,9-10H,2-5,8H2,1H3,(H2-,16,18,19,20)/p+1. The second-order valence-electron chi connectivity index (χ2n) is 6.08. The van der Waals surface area contributed by atoms with Gasteiger partial charge >= 0.3 is 8.25 Å². The summed E-state index contributed by atoms with van der Waals surface area (Å²) in [6, 6.07) is 3.84. The summed E-state index contributed by atoms with van der Waals surface area (Å²) in [6.07, 6.45) is 3.16. The monoisotopic (exact) mass is 323 g/mol. The minimum Gasteiger partial charge on any atom is -0.398 e. The molecule has 1 unspecified atom stereocenters. The molecule has 0 saturated heterocycles. The molecule has 0 bridgehead atoms. The highest BCUT2D eigenvalue weighted by Crippen LogP contribution is 2.41. The van der Waals surface area contributed by atoms with Gasteiger partial charge < -0.3 is 10.6 Å². The van der Waals surface area contributed by atoms with Crippen LogP contribution in [0, 0.1) is 0 Å². The smallest absolute Gasteiger partial charge is 0.398 e. The van der Waals surface area contributed by atoms with Crippen molar-refractivity contribution in [2.24, 2.45) is 0 Å². The van der Waals surface area contributed by atoms with E-state index in [0.717, 1.165) is 31.2 Å². The van der Waals surface area contributed by atoms with Crippen LogP contribution in [-0.2, 0) is 15.6 Å². The van der Waals surface area contributed by atoms with Gasteiger partial charge in [0.25, 0.3) is 5.91 Å². The van der Waals surface area contributed by atoms with E-state index < -0.39 is 8.25 Å². The molecule has 3 N–H and O–H groups in total. The predicted octanol–water partition coefficient (Wildman–Crippen LogP) is 2.55. The number of nitrogens with two attached hydrogens (primary N) is 1. The molecule has 3 rings (SSSR count).